The number of benzene rings is 4. The third-order valence-electron chi connectivity index (χ3n) is 3.76. The Hall–Kier alpha value is -3.16. The van der Waals surface area contributed by atoms with Gasteiger partial charge in [0.2, 0.25) is 0 Å². The fraction of sp³-hybridized carbons (Fsp3) is 0.172. The van der Waals surface area contributed by atoms with E-state index in [2.05, 4.69) is 76.2 Å². The summed E-state index contributed by atoms with van der Waals surface area (Å²) in [5.74, 6) is 0. The summed E-state index contributed by atoms with van der Waals surface area (Å²) in [6.45, 7) is 8.33. The summed E-state index contributed by atoms with van der Waals surface area (Å²) < 4.78 is 0. The van der Waals surface area contributed by atoms with Crippen LogP contribution in [0.25, 0.3) is 0 Å². The highest BCUT2D eigenvalue weighted by molar-refractivity contribution is 5.13. The van der Waals surface area contributed by atoms with Gasteiger partial charge in [-0.05, 0) is 27.7 Å². The van der Waals surface area contributed by atoms with E-state index in [1.54, 1.807) is 0 Å². The third-order valence-corrected chi connectivity index (χ3v) is 3.76. The first-order chi connectivity index (χ1) is 14.6. The van der Waals surface area contributed by atoms with Gasteiger partial charge in [0.25, 0.3) is 0 Å². The van der Waals surface area contributed by atoms with Crippen LogP contribution in [-0.4, -0.2) is 12.2 Å². The van der Waals surface area contributed by atoms with Crippen LogP contribution in [0.2, 0.25) is 0 Å². The van der Waals surface area contributed by atoms with E-state index >= 15 is 0 Å². The Morgan fingerprint density at radius 2 is 0.433 bits per heavy atom. The van der Waals surface area contributed by atoms with Gasteiger partial charge in [0, 0.05) is 7.11 Å². The summed E-state index contributed by atoms with van der Waals surface area (Å²) in [7, 11) is 1.00. The average molecular weight is 401 g/mol. The zero-order valence-electron chi connectivity index (χ0n) is 19.0. The van der Waals surface area contributed by atoms with Crippen LogP contribution in [0.4, 0.5) is 0 Å². The molecule has 0 aliphatic heterocycles. The molecule has 4 aromatic carbocycles. The lowest BCUT2D eigenvalue weighted by Crippen LogP contribution is -1.62. The molecule has 0 heterocycles. The van der Waals surface area contributed by atoms with Crippen LogP contribution >= 0.6 is 0 Å². The van der Waals surface area contributed by atoms with Crippen molar-refractivity contribution in [2.24, 2.45) is 0 Å². The van der Waals surface area contributed by atoms with Crippen molar-refractivity contribution in [2.45, 2.75) is 27.7 Å². The van der Waals surface area contributed by atoms with E-state index in [0.717, 1.165) is 7.11 Å². The standard InChI is InChI=1S/4C7H8.CH4O/c4*1-7-5-3-2-4-6-7;1-2/h4*2-6H,1H3;2H,1H3. The number of rotatable bonds is 0. The van der Waals surface area contributed by atoms with E-state index in [1.807, 2.05) is 72.8 Å². The van der Waals surface area contributed by atoms with Crippen molar-refractivity contribution in [1.29, 1.82) is 0 Å². The van der Waals surface area contributed by atoms with E-state index in [-0.39, 0.29) is 0 Å². The molecule has 0 aliphatic rings. The second kappa shape index (κ2) is 19.2. The molecule has 0 saturated heterocycles. The lowest BCUT2D eigenvalue weighted by atomic mass is 10.2. The highest BCUT2D eigenvalue weighted by Gasteiger charge is 1.74. The highest BCUT2D eigenvalue weighted by Crippen LogP contribution is 1.94. The second-order valence-corrected chi connectivity index (χ2v) is 6.62. The molecule has 1 N–H and O–H groups in total. The van der Waals surface area contributed by atoms with Crippen LogP contribution in [0.1, 0.15) is 22.3 Å². The van der Waals surface area contributed by atoms with Crippen molar-refractivity contribution in [3.63, 3.8) is 0 Å². The molecule has 1 nitrogen and oxygen atoms in total. The van der Waals surface area contributed by atoms with Crippen molar-refractivity contribution in [3.05, 3.63) is 144 Å². The Balaban J connectivity index is 0.000000363. The highest BCUT2D eigenvalue weighted by atomic mass is 16.2. The summed E-state index contributed by atoms with van der Waals surface area (Å²) in [4.78, 5) is 0. The Morgan fingerprint density at radius 1 is 0.300 bits per heavy atom. The summed E-state index contributed by atoms with van der Waals surface area (Å²) in [5, 5.41) is 7.00. The summed E-state index contributed by atoms with van der Waals surface area (Å²) in [6.07, 6.45) is 0. The SMILES string of the molecule is CO.Cc1ccccc1.Cc1ccccc1.Cc1ccccc1.Cc1ccccc1. The molecule has 0 unspecified atom stereocenters. The molecule has 158 valence electrons. The van der Waals surface area contributed by atoms with Crippen molar-refractivity contribution in [2.75, 3.05) is 7.11 Å². The van der Waals surface area contributed by atoms with E-state index in [1.165, 1.54) is 22.3 Å². The van der Waals surface area contributed by atoms with E-state index in [4.69, 9.17) is 5.11 Å². The van der Waals surface area contributed by atoms with Gasteiger partial charge in [-0.3, -0.25) is 0 Å². The lowest BCUT2D eigenvalue weighted by Gasteiger charge is -1.82. The molecule has 0 aliphatic carbocycles. The number of aliphatic hydroxyl groups excluding tert-OH is 1. The van der Waals surface area contributed by atoms with Crippen molar-refractivity contribution < 1.29 is 5.11 Å². The van der Waals surface area contributed by atoms with E-state index < -0.39 is 0 Å². The molecule has 30 heavy (non-hydrogen) atoms. The van der Waals surface area contributed by atoms with Crippen molar-refractivity contribution in [3.8, 4) is 0 Å². The predicted molar refractivity (Wildman–Crippen MR) is 133 cm³/mol. The minimum atomic E-state index is 1.00. The number of hydrogen-bond donors (Lipinski definition) is 1. The maximum atomic E-state index is 7.00. The van der Waals surface area contributed by atoms with Crippen LogP contribution in [0.5, 0.6) is 0 Å². The Bertz CT molecular complexity index is 676. The van der Waals surface area contributed by atoms with Gasteiger partial charge in [0.1, 0.15) is 0 Å². The second-order valence-electron chi connectivity index (χ2n) is 6.62. The molecular weight excluding hydrogens is 364 g/mol. The zero-order chi connectivity index (χ0) is 22.5. The zero-order valence-corrected chi connectivity index (χ0v) is 19.0. The summed E-state index contributed by atoms with van der Waals surface area (Å²) in [6, 6.07) is 41.0. The van der Waals surface area contributed by atoms with E-state index in [0.29, 0.717) is 0 Å². The van der Waals surface area contributed by atoms with Crippen LogP contribution in [0.15, 0.2) is 121 Å². The van der Waals surface area contributed by atoms with Gasteiger partial charge in [0.15, 0.2) is 0 Å². The molecular formula is C29H36O. The monoisotopic (exact) mass is 400 g/mol. The Labute approximate surface area is 183 Å². The van der Waals surface area contributed by atoms with Gasteiger partial charge in [0.05, 0.1) is 0 Å². The smallest absolute Gasteiger partial charge is 0.0319 e. The fourth-order valence-corrected chi connectivity index (χ4v) is 2.14. The maximum Gasteiger partial charge on any atom is 0.0319 e. The van der Waals surface area contributed by atoms with Gasteiger partial charge in [-0.1, -0.05) is 144 Å². The van der Waals surface area contributed by atoms with Crippen LogP contribution in [0, 0.1) is 27.7 Å². The van der Waals surface area contributed by atoms with Crippen molar-refractivity contribution in [1.82, 2.24) is 0 Å². The van der Waals surface area contributed by atoms with Gasteiger partial charge in [-0.25, -0.2) is 0 Å². The first kappa shape index (κ1) is 26.8. The summed E-state index contributed by atoms with van der Waals surface area (Å²) in [5.41, 5.74) is 5.29. The van der Waals surface area contributed by atoms with Gasteiger partial charge >= 0.3 is 0 Å². The molecule has 1 heteroatoms. The van der Waals surface area contributed by atoms with Gasteiger partial charge in [-0.15, -0.1) is 0 Å². The van der Waals surface area contributed by atoms with Crippen molar-refractivity contribution >= 4 is 0 Å². The predicted octanol–water partition coefficient (Wildman–Crippen LogP) is 7.59. The molecule has 0 radical (unpaired) electrons. The Morgan fingerprint density at radius 3 is 0.500 bits per heavy atom. The number of aryl methyl sites for hydroxylation is 4. The average Bonchev–Trinajstić information content (AvgIpc) is 2.79. The maximum absolute atomic E-state index is 7.00. The minimum absolute atomic E-state index is 1.00. The first-order valence-corrected chi connectivity index (χ1v) is 10.1. The molecule has 4 rings (SSSR count). The summed E-state index contributed by atoms with van der Waals surface area (Å²) >= 11 is 0. The molecule has 0 amide bonds. The molecule has 0 atom stereocenters. The Kier molecular flexibility index (Phi) is 17.2. The topological polar surface area (TPSA) is 20.2 Å². The van der Waals surface area contributed by atoms with Crippen LogP contribution < -0.4 is 0 Å². The fourth-order valence-electron chi connectivity index (χ4n) is 2.14. The number of hydrogen-bond acceptors (Lipinski definition) is 1. The van der Waals surface area contributed by atoms with Gasteiger partial charge in [-0.2, -0.15) is 0 Å². The molecule has 0 spiro atoms. The first-order valence-electron chi connectivity index (χ1n) is 10.1. The number of aliphatic hydroxyl groups is 1. The molecule has 0 fully saturated rings. The van der Waals surface area contributed by atoms with Gasteiger partial charge < -0.3 is 5.11 Å². The molecule has 0 bridgehead atoms. The molecule has 4 aromatic rings. The van der Waals surface area contributed by atoms with Crippen LogP contribution in [-0.2, 0) is 0 Å². The normalized spacial score (nSPS) is 8.33. The largest absolute Gasteiger partial charge is 0.400 e. The quantitative estimate of drug-likeness (QED) is 0.322. The molecule has 0 aromatic heterocycles. The van der Waals surface area contributed by atoms with Crippen LogP contribution in [0.3, 0.4) is 0 Å². The third kappa shape index (κ3) is 17.0. The minimum Gasteiger partial charge on any atom is -0.400 e. The lowest BCUT2D eigenvalue weighted by molar-refractivity contribution is 0.399. The molecule has 0 saturated carbocycles. The van der Waals surface area contributed by atoms with E-state index in [9.17, 15) is 0 Å².